The Hall–Kier alpha value is -1.00. The Morgan fingerprint density at radius 3 is 2.50 bits per heavy atom. The van der Waals surface area contributed by atoms with E-state index in [-0.39, 0.29) is 0 Å². The molecule has 1 saturated heterocycles. The van der Waals surface area contributed by atoms with E-state index in [1.165, 1.54) is 5.56 Å². The van der Waals surface area contributed by atoms with E-state index < -0.39 is 0 Å². The first-order valence-corrected chi connectivity index (χ1v) is 4.99. The van der Waals surface area contributed by atoms with Crippen LogP contribution in [0.5, 0.6) is 0 Å². The van der Waals surface area contributed by atoms with E-state index in [2.05, 4.69) is 9.97 Å². The van der Waals surface area contributed by atoms with Crippen molar-refractivity contribution in [1.29, 1.82) is 0 Å². The zero-order chi connectivity index (χ0) is 9.80. The molecule has 0 amide bonds. The predicted octanol–water partition coefficient (Wildman–Crippen LogP) is 0.829. The third kappa shape index (κ3) is 2.08. The molecule has 1 aromatic rings. The average Bonchev–Trinajstić information content (AvgIpc) is 2.30. The van der Waals surface area contributed by atoms with Gasteiger partial charge in [0.05, 0.1) is 6.54 Å². The largest absolute Gasteiger partial charge is 0.381 e. The van der Waals surface area contributed by atoms with Crippen LogP contribution >= 0.6 is 0 Å². The summed E-state index contributed by atoms with van der Waals surface area (Å²) in [7, 11) is 0. The summed E-state index contributed by atoms with van der Waals surface area (Å²) >= 11 is 0. The molecule has 0 atom stereocenters. The molecular weight excluding hydrogens is 178 g/mol. The van der Waals surface area contributed by atoms with Gasteiger partial charge in [-0.25, -0.2) is 9.97 Å². The summed E-state index contributed by atoms with van der Waals surface area (Å²) in [6.07, 6.45) is 5.94. The fourth-order valence-corrected chi connectivity index (χ4v) is 1.71. The molecule has 2 heterocycles. The highest BCUT2D eigenvalue weighted by Gasteiger charge is 2.16. The summed E-state index contributed by atoms with van der Waals surface area (Å²) in [4.78, 5) is 8.39. The topological polar surface area (TPSA) is 61.0 Å². The van der Waals surface area contributed by atoms with Crippen molar-refractivity contribution < 1.29 is 4.74 Å². The summed E-state index contributed by atoms with van der Waals surface area (Å²) in [5, 5.41) is 0. The van der Waals surface area contributed by atoms with Gasteiger partial charge in [0, 0.05) is 25.6 Å². The second-order valence-corrected chi connectivity index (χ2v) is 3.52. The maximum Gasteiger partial charge on any atom is 0.141 e. The number of nitrogens with two attached hydrogens (primary N) is 1. The van der Waals surface area contributed by atoms with Gasteiger partial charge in [-0.3, -0.25) is 0 Å². The molecule has 2 rings (SSSR count). The molecule has 2 N–H and O–H groups in total. The number of hydrogen-bond acceptors (Lipinski definition) is 4. The van der Waals surface area contributed by atoms with Gasteiger partial charge in [0.1, 0.15) is 5.82 Å². The molecule has 0 aromatic carbocycles. The van der Waals surface area contributed by atoms with Crippen LogP contribution in [0.1, 0.15) is 30.1 Å². The van der Waals surface area contributed by atoms with Crippen molar-refractivity contribution in [2.24, 2.45) is 5.73 Å². The average molecular weight is 193 g/mol. The van der Waals surface area contributed by atoms with E-state index in [4.69, 9.17) is 10.5 Å². The van der Waals surface area contributed by atoms with Crippen LogP contribution in [0, 0.1) is 0 Å². The van der Waals surface area contributed by atoms with Crippen LogP contribution in [0.2, 0.25) is 0 Å². The summed E-state index contributed by atoms with van der Waals surface area (Å²) in [6, 6.07) is 0. The first-order valence-electron chi connectivity index (χ1n) is 4.99. The monoisotopic (exact) mass is 193 g/mol. The third-order valence-corrected chi connectivity index (χ3v) is 2.60. The molecule has 1 aliphatic rings. The lowest BCUT2D eigenvalue weighted by molar-refractivity contribution is 0.0852. The molecule has 14 heavy (non-hydrogen) atoms. The second kappa shape index (κ2) is 4.48. The van der Waals surface area contributed by atoms with Crippen molar-refractivity contribution in [3.8, 4) is 0 Å². The van der Waals surface area contributed by atoms with E-state index in [1.807, 2.05) is 12.4 Å². The first-order chi connectivity index (χ1) is 6.90. The van der Waals surface area contributed by atoms with Crippen LogP contribution in [0.25, 0.3) is 0 Å². The number of rotatable bonds is 2. The highest BCUT2D eigenvalue weighted by Crippen LogP contribution is 2.25. The summed E-state index contributed by atoms with van der Waals surface area (Å²) in [5.74, 6) is 1.27. The molecule has 0 unspecified atom stereocenters. The molecule has 0 bridgehead atoms. The van der Waals surface area contributed by atoms with Gasteiger partial charge < -0.3 is 10.5 Å². The van der Waals surface area contributed by atoms with Gasteiger partial charge in [0.25, 0.3) is 0 Å². The maximum atomic E-state index is 5.43. The summed E-state index contributed by atoms with van der Waals surface area (Å²) < 4.78 is 5.31. The third-order valence-electron chi connectivity index (χ3n) is 2.60. The minimum atomic E-state index is 0.411. The zero-order valence-corrected chi connectivity index (χ0v) is 8.15. The van der Waals surface area contributed by atoms with Crippen LogP contribution in [0.4, 0.5) is 0 Å². The van der Waals surface area contributed by atoms with Crippen LogP contribution in [0.15, 0.2) is 12.4 Å². The summed E-state index contributed by atoms with van der Waals surface area (Å²) in [5.41, 5.74) is 6.65. The molecule has 0 spiro atoms. The molecule has 4 nitrogen and oxygen atoms in total. The fraction of sp³-hybridized carbons (Fsp3) is 0.600. The van der Waals surface area contributed by atoms with E-state index >= 15 is 0 Å². The Balaban J connectivity index is 2.07. The predicted molar refractivity (Wildman–Crippen MR) is 52.7 cm³/mol. The number of nitrogens with zero attached hydrogens (tertiary/aromatic N) is 2. The minimum Gasteiger partial charge on any atom is -0.381 e. The van der Waals surface area contributed by atoms with Gasteiger partial charge in [0.2, 0.25) is 0 Å². The zero-order valence-electron chi connectivity index (χ0n) is 8.15. The molecule has 1 fully saturated rings. The van der Waals surface area contributed by atoms with Gasteiger partial charge in [-0.15, -0.1) is 0 Å². The molecular formula is C10H15N3O. The molecule has 4 heteroatoms. The van der Waals surface area contributed by atoms with E-state index in [1.54, 1.807) is 0 Å². The van der Waals surface area contributed by atoms with Crippen molar-refractivity contribution in [3.63, 3.8) is 0 Å². The van der Waals surface area contributed by atoms with Gasteiger partial charge >= 0.3 is 0 Å². The first kappa shape index (κ1) is 9.55. The lowest BCUT2D eigenvalue weighted by atomic mass is 9.94. The molecule has 0 radical (unpaired) electrons. The second-order valence-electron chi connectivity index (χ2n) is 3.52. The van der Waals surface area contributed by atoms with Crippen molar-refractivity contribution in [3.05, 3.63) is 23.8 Å². The standard InChI is InChI=1S/C10H15N3O/c11-5-10-12-6-9(7-13-10)8-1-3-14-4-2-8/h6-8H,1-5,11H2. The van der Waals surface area contributed by atoms with Crippen molar-refractivity contribution in [2.75, 3.05) is 13.2 Å². The van der Waals surface area contributed by atoms with Gasteiger partial charge in [-0.2, -0.15) is 0 Å². The van der Waals surface area contributed by atoms with Crippen LogP contribution in [0.3, 0.4) is 0 Å². The van der Waals surface area contributed by atoms with Crippen LogP contribution < -0.4 is 5.73 Å². The molecule has 1 aliphatic heterocycles. The van der Waals surface area contributed by atoms with Gasteiger partial charge in [-0.05, 0) is 24.3 Å². The number of aromatic nitrogens is 2. The molecule has 76 valence electrons. The van der Waals surface area contributed by atoms with Crippen LogP contribution in [-0.2, 0) is 11.3 Å². The Bertz CT molecular complexity index is 280. The lowest BCUT2D eigenvalue weighted by Gasteiger charge is -2.21. The Morgan fingerprint density at radius 1 is 1.29 bits per heavy atom. The molecule has 1 aromatic heterocycles. The Kier molecular flexibility index (Phi) is 3.06. The number of hydrogen-bond donors (Lipinski definition) is 1. The molecule has 0 aliphatic carbocycles. The Labute approximate surface area is 83.5 Å². The van der Waals surface area contributed by atoms with Crippen molar-refractivity contribution >= 4 is 0 Å². The van der Waals surface area contributed by atoms with Gasteiger partial charge in [0.15, 0.2) is 0 Å². The summed E-state index contributed by atoms with van der Waals surface area (Å²) in [6.45, 7) is 2.11. The lowest BCUT2D eigenvalue weighted by Crippen LogP contribution is -2.15. The fourth-order valence-electron chi connectivity index (χ4n) is 1.71. The number of ether oxygens (including phenoxy) is 1. The highest BCUT2D eigenvalue weighted by atomic mass is 16.5. The normalized spacial score (nSPS) is 18.4. The smallest absolute Gasteiger partial charge is 0.141 e. The highest BCUT2D eigenvalue weighted by molar-refractivity contribution is 5.12. The molecule has 0 saturated carbocycles. The SMILES string of the molecule is NCc1ncc(C2CCOCC2)cn1. The minimum absolute atomic E-state index is 0.411. The van der Waals surface area contributed by atoms with Crippen LogP contribution in [-0.4, -0.2) is 23.2 Å². The van der Waals surface area contributed by atoms with E-state index in [9.17, 15) is 0 Å². The Morgan fingerprint density at radius 2 is 1.93 bits per heavy atom. The van der Waals surface area contributed by atoms with E-state index in [0.717, 1.165) is 26.1 Å². The van der Waals surface area contributed by atoms with E-state index in [0.29, 0.717) is 18.3 Å². The van der Waals surface area contributed by atoms with Gasteiger partial charge in [-0.1, -0.05) is 0 Å². The maximum absolute atomic E-state index is 5.43. The van der Waals surface area contributed by atoms with Crippen molar-refractivity contribution in [1.82, 2.24) is 9.97 Å². The quantitative estimate of drug-likeness (QED) is 0.755. The van der Waals surface area contributed by atoms with Crippen molar-refractivity contribution in [2.45, 2.75) is 25.3 Å².